The first-order valence-corrected chi connectivity index (χ1v) is 12.8. The van der Waals surface area contributed by atoms with Crippen molar-refractivity contribution in [3.05, 3.63) is 33.6 Å². The van der Waals surface area contributed by atoms with Gasteiger partial charge in [-0.3, -0.25) is 0 Å². The Hall–Kier alpha value is -2.99. The van der Waals surface area contributed by atoms with E-state index in [4.69, 9.17) is 14.7 Å². The largest absolute Gasteiger partial charge is 0.471 e. The highest BCUT2D eigenvalue weighted by molar-refractivity contribution is 7.91. The van der Waals surface area contributed by atoms with Crippen molar-refractivity contribution in [2.75, 3.05) is 17.7 Å². The molecule has 0 spiro atoms. The maximum Gasteiger partial charge on any atom is 0.458 e. The van der Waals surface area contributed by atoms with E-state index in [0.717, 1.165) is 12.3 Å². The van der Waals surface area contributed by atoms with Gasteiger partial charge in [-0.25, -0.2) is 18.2 Å². The monoisotopic (exact) mass is 555 g/mol. The molecule has 0 amide bonds. The van der Waals surface area contributed by atoms with Crippen molar-refractivity contribution in [3.8, 4) is 11.8 Å². The van der Waals surface area contributed by atoms with E-state index in [1.807, 2.05) is 6.07 Å². The van der Waals surface area contributed by atoms with Crippen LogP contribution in [0.25, 0.3) is 0 Å². The van der Waals surface area contributed by atoms with E-state index < -0.39 is 50.5 Å². The smallest absolute Gasteiger partial charge is 0.458 e. The molecule has 2 aromatic heterocycles. The standard InChI is InChI=1S/C21H22F5N3O5S2/c1-5-33-18(30)13-8-16(20(22,23)21(24,25)26)35-14(13)10-29-17-15(36(31,32)6-2)7-12(9-28-17)34-19(3,4)11-27/h7-9H,5-6,10H2,1-4H3,(H,28,29). The van der Waals surface area contributed by atoms with Gasteiger partial charge in [-0.05, 0) is 26.8 Å². The molecule has 8 nitrogen and oxygen atoms in total. The number of nitriles is 1. The minimum absolute atomic E-state index is 0.0286. The molecule has 0 aliphatic rings. The lowest BCUT2D eigenvalue weighted by molar-refractivity contribution is -0.287. The minimum Gasteiger partial charge on any atom is -0.471 e. The van der Waals surface area contributed by atoms with Gasteiger partial charge >= 0.3 is 18.1 Å². The Morgan fingerprint density at radius 2 is 1.83 bits per heavy atom. The summed E-state index contributed by atoms with van der Waals surface area (Å²) in [6.45, 7) is 4.99. The number of hydrogen-bond donors (Lipinski definition) is 1. The Balaban J connectivity index is 2.51. The van der Waals surface area contributed by atoms with Crippen LogP contribution in [0, 0.1) is 11.3 Å². The van der Waals surface area contributed by atoms with E-state index >= 15 is 0 Å². The van der Waals surface area contributed by atoms with Crippen LogP contribution in [0.2, 0.25) is 0 Å². The number of nitrogens with one attached hydrogen (secondary N) is 1. The molecule has 0 saturated heterocycles. The maximum atomic E-state index is 13.9. The number of anilines is 1. The highest BCUT2D eigenvalue weighted by Gasteiger charge is 2.60. The van der Waals surface area contributed by atoms with Gasteiger partial charge < -0.3 is 14.8 Å². The lowest BCUT2D eigenvalue weighted by Crippen LogP contribution is -2.32. The SMILES string of the molecule is CCOC(=O)c1cc(C(F)(F)C(F)(F)F)sc1CNc1ncc(OC(C)(C)C#N)cc1S(=O)(=O)CC. The molecule has 1 N–H and O–H groups in total. The molecule has 0 saturated carbocycles. The number of nitrogens with zero attached hydrogens (tertiary/aromatic N) is 2. The lowest BCUT2D eigenvalue weighted by Gasteiger charge is -2.19. The number of carbonyl (C=O) groups is 1. The van der Waals surface area contributed by atoms with Crippen LogP contribution in [0.3, 0.4) is 0 Å². The van der Waals surface area contributed by atoms with E-state index in [1.165, 1.54) is 27.7 Å². The average Bonchev–Trinajstić information content (AvgIpc) is 3.22. The summed E-state index contributed by atoms with van der Waals surface area (Å²) in [5.74, 6) is -7.00. The third kappa shape index (κ3) is 6.41. The Morgan fingerprint density at radius 1 is 1.19 bits per heavy atom. The molecule has 2 rings (SSSR count). The summed E-state index contributed by atoms with van der Waals surface area (Å²) >= 11 is 0.0286. The summed E-state index contributed by atoms with van der Waals surface area (Å²) in [6, 6.07) is 3.39. The summed E-state index contributed by atoms with van der Waals surface area (Å²) in [7, 11) is -3.94. The van der Waals surface area contributed by atoms with Gasteiger partial charge in [-0.15, -0.1) is 11.3 Å². The fraction of sp³-hybridized carbons (Fsp3) is 0.476. The number of ether oxygens (including phenoxy) is 2. The van der Waals surface area contributed by atoms with E-state index in [9.17, 15) is 35.2 Å². The Kier molecular flexibility index (Phi) is 8.57. The molecule has 0 radical (unpaired) electrons. The molecular formula is C21H22F5N3O5S2. The second kappa shape index (κ2) is 10.6. The van der Waals surface area contributed by atoms with Crippen LogP contribution < -0.4 is 10.1 Å². The topological polar surface area (TPSA) is 118 Å². The average molecular weight is 556 g/mol. The predicted molar refractivity (Wildman–Crippen MR) is 120 cm³/mol. The summed E-state index contributed by atoms with van der Waals surface area (Å²) in [5.41, 5.74) is -1.83. The first kappa shape index (κ1) is 29.2. The molecule has 0 atom stereocenters. The molecule has 36 heavy (non-hydrogen) atoms. The van der Waals surface area contributed by atoms with E-state index in [-0.39, 0.29) is 45.0 Å². The zero-order valence-electron chi connectivity index (χ0n) is 19.5. The summed E-state index contributed by atoms with van der Waals surface area (Å²) in [4.78, 5) is 14.2. The van der Waals surface area contributed by atoms with Crippen LogP contribution >= 0.6 is 11.3 Å². The van der Waals surface area contributed by atoms with Crippen LogP contribution in [0.1, 0.15) is 47.8 Å². The first-order valence-electron chi connectivity index (χ1n) is 10.3. The van der Waals surface area contributed by atoms with Gasteiger partial charge in [0.1, 0.15) is 22.5 Å². The van der Waals surface area contributed by atoms with Gasteiger partial charge in [0.15, 0.2) is 15.4 Å². The van der Waals surface area contributed by atoms with Gasteiger partial charge in [0.2, 0.25) is 0 Å². The second-order valence-corrected chi connectivity index (χ2v) is 11.1. The van der Waals surface area contributed by atoms with E-state index in [2.05, 4.69) is 10.3 Å². The van der Waals surface area contributed by atoms with Crippen molar-refractivity contribution in [2.45, 2.75) is 56.8 Å². The van der Waals surface area contributed by atoms with Crippen molar-refractivity contribution in [2.24, 2.45) is 0 Å². The molecule has 0 fully saturated rings. The Bertz CT molecular complexity index is 1270. The van der Waals surface area contributed by atoms with Gasteiger partial charge in [0.25, 0.3) is 0 Å². The third-order valence-corrected chi connectivity index (χ3v) is 7.52. The lowest BCUT2D eigenvalue weighted by atomic mass is 10.2. The number of sulfone groups is 1. The van der Waals surface area contributed by atoms with Crippen molar-refractivity contribution in [3.63, 3.8) is 0 Å². The van der Waals surface area contributed by atoms with Crippen molar-refractivity contribution < 1.29 is 44.6 Å². The van der Waals surface area contributed by atoms with Gasteiger partial charge in [0, 0.05) is 10.9 Å². The van der Waals surface area contributed by atoms with Crippen LogP contribution in [-0.2, 0) is 27.0 Å². The zero-order chi connectivity index (χ0) is 27.5. The highest BCUT2D eigenvalue weighted by Crippen LogP contribution is 2.47. The third-order valence-electron chi connectivity index (χ3n) is 4.57. The van der Waals surface area contributed by atoms with E-state index in [1.54, 1.807) is 0 Å². The molecule has 15 heteroatoms. The zero-order valence-corrected chi connectivity index (χ0v) is 21.1. The molecular weight excluding hydrogens is 533 g/mol. The van der Waals surface area contributed by atoms with E-state index in [0.29, 0.717) is 6.07 Å². The van der Waals surface area contributed by atoms with Crippen molar-refractivity contribution >= 4 is 33.0 Å². The molecule has 0 unspecified atom stereocenters. The number of rotatable bonds is 10. The fourth-order valence-corrected chi connectivity index (χ4v) is 4.83. The molecule has 2 aromatic rings. The van der Waals surface area contributed by atoms with Gasteiger partial charge in [-0.2, -0.15) is 27.2 Å². The van der Waals surface area contributed by atoms with Gasteiger partial charge in [-0.1, -0.05) is 6.92 Å². The molecule has 0 aromatic carbocycles. The Labute approximate surface area is 208 Å². The second-order valence-electron chi connectivity index (χ2n) is 7.74. The number of alkyl halides is 5. The Morgan fingerprint density at radius 3 is 2.36 bits per heavy atom. The summed E-state index contributed by atoms with van der Waals surface area (Å²) < 4.78 is 102. The number of halogens is 5. The predicted octanol–water partition coefficient (Wildman–Crippen LogP) is 5.06. The molecule has 0 aliphatic heterocycles. The van der Waals surface area contributed by atoms with Crippen molar-refractivity contribution in [1.82, 2.24) is 4.98 Å². The maximum absolute atomic E-state index is 13.9. The van der Waals surface area contributed by atoms with Crippen LogP contribution in [0.15, 0.2) is 23.2 Å². The number of esters is 1. The fourth-order valence-electron chi connectivity index (χ4n) is 2.73. The minimum atomic E-state index is -5.90. The summed E-state index contributed by atoms with van der Waals surface area (Å²) in [5, 5.41) is 11.7. The van der Waals surface area contributed by atoms with Crippen molar-refractivity contribution in [1.29, 1.82) is 5.26 Å². The quantitative estimate of drug-likeness (QED) is 0.319. The number of carbonyl (C=O) groups excluding carboxylic acids is 1. The molecule has 0 aliphatic carbocycles. The first-order chi connectivity index (χ1) is 16.5. The molecule has 2 heterocycles. The molecule has 0 bridgehead atoms. The van der Waals surface area contributed by atoms with Gasteiger partial charge in [0.05, 0.1) is 35.5 Å². The van der Waals surface area contributed by atoms with Crippen LogP contribution in [0.5, 0.6) is 5.75 Å². The number of aromatic nitrogens is 1. The molecule has 198 valence electrons. The summed E-state index contributed by atoms with van der Waals surface area (Å²) in [6.07, 6.45) is -4.79. The van der Waals surface area contributed by atoms with Crippen LogP contribution in [-0.4, -0.2) is 43.5 Å². The number of hydrogen-bond acceptors (Lipinski definition) is 9. The highest BCUT2D eigenvalue weighted by atomic mass is 32.2. The number of pyridine rings is 1. The normalized spacial score (nSPS) is 12.7. The number of thiophene rings is 1. The van der Waals surface area contributed by atoms with Crippen LogP contribution in [0.4, 0.5) is 27.8 Å².